The molecule has 22 heavy (non-hydrogen) atoms. The molecule has 0 spiro atoms. The Hall–Kier alpha value is -1.79. The van der Waals surface area contributed by atoms with Gasteiger partial charge in [0.15, 0.2) is 0 Å². The van der Waals surface area contributed by atoms with Gasteiger partial charge in [0, 0.05) is 13.0 Å². The highest BCUT2D eigenvalue weighted by Gasteiger charge is 2.24. The van der Waals surface area contributed by atoms with Crippen molar-refractivity contribution in [3.63, 3.8) is 0 Å². The second-order valence-corrected chi connectivity index (χ2v) is 6.57. The molecule has 0 aliphatic carbocycles. The topological polar surface area (TPSA) is 64.1 Å². The normalized spacial score (nSPS) is 19.0. The Morgan fingerprint density at radius 1 is 1.41 bits per heavy atom. The molecule has 1 saturated heterocycles. The number of anilines is 1. The summed E-state index contributed by atoms with van der Waals surface area (Å²) in [7, 11) is 0. The van der Waals surface area contributed by atoms with Gasteiger partial charge in [0.2, 0.25) is 5.13 Å². The third-order valence-electron chi connectivity index (χ3n) is 3.77. The van der Waals surface area contributed by atoms with E-state index in [0.29, 0.717) is 17.7 Å². The van der Waals surface area contributed by atoms with Gasteiger partial charge in [-0.1, -0.05) is 48.6 Å². The second-order valence-electron chi connectivity index (χ2n) is 5.51. The van der Waals surface area contributed by atoms with E-state index < -0.39 is 0 Å². The van der Waals surface area contributed by atoms with Crippen molar-refractivity contribution in [2.75, 3.05) is 11.9 Å². The Morgan fingerprint density at radius 2 is 2.23 bits per heavy atom. The number of nitrogens with zero attached hydrogens (tertiary/aromatic N) is 2. The number of aromatic nitrogens is 2. The summed E-state index contributed by atoms with van der Waals surface area (Å²) in [6.07, 6.45) is 2.20. The van der Waals surface area contributed by atoms with E-state index in [4.69, 9.17) is 4.74 Å². The smallest absolute Gasteiger partial charge is 0.255 e. The second kappa shape index (κ2) is 6.98. The average molecular weight is 317 g/mol. The fourth-order valence-electron chi connectivity index (χ4n) is 2.52. The van der Waals surface area contributed by atoms with E-state index in [1.54, 1.807) is 0 Å². The van der Waals surface area contributed by atoms with Gasteiger partial charge >= 0.3 is 0 Å². The van der Waals surface area contributed by atoms with Crippen molar-refractivity contribution in [2.24, 2.45) is 0 Å². The maximum atomic E-state index is 12.0. The van der Waals surface area contributed by atoms with Crippen LogP contribution in [0.4, 0.5) is 5.13 Å². The van der Waals surface area contributed by atoms with Gasteiger partial charge in [-0.25, -0.2) is 0 Å². The van der Waals surface area contributed by atoms with Gasteiger partial charge in [-0.15, -0.1) is 10.2 Å². The summed E-state index contributed by atoms with van der Waals surface area (Å²) in [5.41, 5.74) is 1.28. The Morgan fingerprint density at radius 3 is 2.95 bits per heavy atom. The Balaban J connectivity index is 1.58. The molecule has 5 nitrogen and oxygen atoms in total. The van der Waals surface area contributed by atoms with E-state index in [0.717, 1.165) is 24.3 Å². The van der Waals surface area contributed by atoms with E-state index >= 15 is 0 Å². The standard InChI is InChI=1S/C16H19N3O2S/c1-11(12-6-3-2-4-7-12)10-14-18-19-16(22-14)17-15(20)13-8-5-9-21-13/h2-4,6-7,11,13H,5,8-10H2,1H3,(H,17,19,20)/t11-,13+/m0/s1. The molecular weight excluding hydrogens is 298 g/mol. The monoisotopic (exact) mass is 317 g/mol. The first-order valence-corrected chi connectivity index (χ1v) is 8.34. The Kier molecular flexibility index (Phi) is 4.80. The van der Waals surface area contributed by atoms with Crippen LogP contribution in [0.2, 0.25) is 0 Å². The minimum atomic E-state index is -0.337. The van der Waals surface area contributed by atoms with Crippen LogP contribution >= 0.6 is 11.3 Å². The highest BCUT2D eigenvalue weighted by atomic mass is 32.1. The van der Waals surface area contributed by atoms with Gasteiger partial charge in [-0.05, 0) is 24.3 Å². The molecule has 1 aromatic carbocycles. The third-order valence-corrected chi connectivity index (χ3v) is 4.63. The number of carbonyl (C=O) groups is 1. The summed E-state index contributed by atoms with van der Waals surface area (Å²) in [4.78, 5) is 12.0. The third kappa shape index (κ3) is 3.69. The van der Waals surface area contributed by atoms with Crippen LogP contribution in [0.15, 0.2) is 30.3 Å². The van der Waals surface area contributed by atoms with E-state index in [2.05, 4.69) is 34.6 Å². The van der Waals surface area contributed by atoms with E-state index in [-0.39, 0.29) is 12.0 Å². The molecule has 116 valence electrons. The molecule has 0 saturated carbocycles. The lowest BCUT2D eigenvalue weighted by molar-refractivity contribution is -0.124. The van der Waals surface area contributed by atoms with Crippen LogP contribution in [0.5, 0.6) is 0 Å². The number of amides is 1. The van der Waals surface area contributed by atoms with Crippen LogP contribution in [-0.2, 0) is 16.0 Å². The zero-order valence-electron chi connectivity index (χ0n) is 12.5. The summed E-state index contributed by atoms with van der Waals surface area (Å²) in [6, 6.07) is 10.3. The summed E-state index contributed by atoms with van der Waals surface area (Å²) in [5.74, 6) is 0.257. The summed E-state index contributed by atoms with van der Waals surface area (Å²) < 4.78 is 5.36. The summed E-state index contributed by atoms with van der Waals surface area (Å²) >= 11 is 1.43. The predicted molar refractivity (Wildman–Crippen MR) is 86.1 cm³/mol. The number of ether oxygens (including phenoxy) is 1. The molecule has 1 fully saturated rings. The molecule has 3 rings (SSSR count). The molecule has 2 aromatic rings. The van der Waals surface area contributed by atoms with Crippen LogP contribution in [0.3, 0.4) is 0 Å². The molecule has 1 aliphatic rings. The fourth-order valence-corrected chi connectivity index (χ4v) is 3.39. The van der Waals surface area contributed by atoms with E-state index in [1.165, 1.54) is 16.9 Å². The quantitative estimate of drug-likeness (QED) is 0.921. The highest BCUT2D eigenvalue weighted by Crippen LogP contribution is 2.24. The number of carbonyl (C=O) groups excluding carboxylic acids is 1. The first kappa shape index (κ1) is 15.1. The molecule has 0 unspecified atom stereocenters. The highest BCUT2D eigenvalue weighted by molar-refractivity contribution is 7.15. The molecule has 1 amide bonds. The molecule has 2 heterocycles. The van der Waals surface area contributed by atoms with E-state index in [1.807, 2.05) is 18.2 Å². The van der Waals surface area contributed by atoms with Gasteiger partial charge in [0.1, 0.15) is 11.1 Å². The molecular formula is C16H19N3O2S. The van der Waals surface area contributed by atoms with Crippen molar-refractivity contribution in [1.29, 1.82) is 0 Å². The maximum Gasteiger partial charge on any atom is 0.255 e. The molecule has 0 bridgehead atoms. The number of rotatable bonds is 5. The van der Waals surface area contributed by atoms with Gasteiger partial charge in [-0.3, -0.25) is 10.1 Å². The summed E-state index contributed by atoms with van der Waals surface area (Å²) in [6.45, 7) is 2.83. The SMILES string of the molecule is C[C@@H](Cc1nnc(NC(=O)[C@H]2CCCO2)s1)c1ccccc1. The van der Waals surface area contributed by atoms with Gasteiger partial charge in [0.25, 0.3) is 5.91 Å². The predicted octanol–water partition coefficient (Wildman–Crippen LogP) is 3.00. The van der Waals surface area contributed by atoms with Crippen LogP contribution in [-0.4, -0.2) is 28.8 Å². The minimum absolute atomic E-state index is 0.115. The lowest BCUT2D eigenvalue weighted by Gasteiger charge is -2.09. The van der Waals surface area contributed by atoms with Gasteiger partial charge in [0.05, 0.1) is 0 Å². The maximum absolute atomic E-state index is 12.0. The van der Waals surface area contributed by atoms with E-state index in [9.17, 15) is 4.79 Å². The molecule has 1 aromatic heterocycles. The van der Waals surface area contributed by atoms with Crippen LogP contribution in [0, 0.1) is 0 Å². The molecule has 1 aliphatic heterocycles. The molecule has 6 heteroatoms. The van der Waals surface area contributed by atoms with Crippen molar-refractivity contribution >= 4 is 22.4 Å². The van der Waals surface area contributed by atoms with Crippen molar-refractivity contribution in [3.8, 4) is 0 Å². The van der Waals surface area contributed by atoms with Crippen LogP contribution in [0.1, 0.15) is 36.3 Å². The zero-order chi connectivity index (χ0) is 15.4. The Bertz CT molecular complexity index is 623. The average Bonchev–Trinajstić information content (AvgIpc) is 3.20. The number of hydrogen-bond donors (Lipinski definition) is 1. The lowest BCUT2D eigenvalue weighted by atomic mass is 9.98. The molecule has 2 atom stereocenters. The Labute approximate surface area is 133 Å². The summed E-state index contributed by atoms with van der Waals surface area (Å²) in [5, 5.41) is 12.5. The van der Waals surface area contributed by atoms with Gasteiger partial charge < -0.3 is 4.74 Å². The van der Waals surface area contributed by atoms with Crippen molar-refractivity contribution in [3.05, 3.63) is 40.9 Å². The van der Waals surface area contributed by atoms with Crippen molar-refractivity contribution in [1.82, 2.24) is 10.2 Å². The first-order chi connectivity index (χ1) is 10.7. The number of benzene rings is 1. The zero-order valence-corrected chi connectivity index (χ0v) is 13.3. The molecule has 0 radical (unpaired) electrons. The minimum Gasteiger partial charge on any atom is -0.368 e. The molecule has 1 N–H and O–H groups in total. The van der Waals surface area contributed by atoms with Crippen LogP contribution in [0.25, 0.3) is 0 Å². The first-order valence-electron chi connectivity index (χ1n) is 7.52. The van der Waals surface area contributed by atoms with Crippen molar-refractivity contribution < 1.29 is 9.53 Å². The fraction of sp³-hybridized carbons (Fsp3) is 0.438. The van der Waals surface area contributed by atoms with Gasteiger partial charge in [-0.2, -0.15) is 0 Å². The van der Waals surface area contributed by atoms with Crippen LogP contribution < -0.4 is 5.32 Å². The lowest BCUT2D eigenvalue weighted by Crippen LogP contribution is -2.26. The largest absolute Gasteiger partial charge is 0.368 e. The number of nitrogens with one attached hydrogen (secondary N) is 1. The number of hydrogen-bond acceptors (Lipinski definition) is 5. The van der Waals surface area contributed by atoms with Crippen molar-refractivity contribution in [2.45, 2.75) is 38.2 Å².